The summed E-state index contributed by atoms with van der Waals surface area (Å²) in [6, 6.07) is 23.0. The van der Waals surface area contributed by atoms with E-state index in [2.05, 4.69) is 5.32 Å². The predicted molar refractivity (Wildman–Crippen MR) is 128 cm³/mol. The maximum absolute atomic E-state index is 13.0. The molecule has 0 aliphatic rings. The lowest BCUT2D eigenvalue weighted by molar-refractivity contribution is -0.138. The van der Waals surface area contributed by atoms with Crippen LogP contribution in [-0.2, 0) is 17.5 Å². The summed E-state index contributed by atoms with van der Waals surface area (Å²) in [7, 11) is 0. The molecule has 4 aromatic rings. The standard InChI is InChI=1S/C27H22F3N3O3/c28-27(29,30)22-12-10-20(11-13-22)24-16-23(19-4-2-1-3-5-19)32-33(24)17-18-6-8-21(9-7-18)26(36)31-15-14-25(34)35/h1-13,16H,14-15,17H2,(H,31,36)(H,34,35). The second-order valence-corrected chi connectivity index (χ2v) is 8.11. The minimum Gasteiger partial charge on any atom is -0.481 e. The largest absolute Gasteiger partial charge is 0.481 e. The van der Waals surface area contributed by atoms with Crippen LogP contribution in [0.3, 0.4) is 0 Å². The van der Waals surface area contributed by atoms with Gasteiger partial charge in [0.15, 0.2) is 0 Å². The summed E-state index contributed by atoms with van der Waals surface area (Å²) in [5, 5.41) is 15.9. The smallest absolute Gasteiger partial charge is 0.416 e. The van der Waals surface area contributed by atoms with Crippen molar-refractivity contribution in [3.05, 3.63) is 102 Å². The van der Waals surface area contributed by atoms with Crippen LogP contribution in [0.2, 0.25) is 0 Å². The molecule has 0 atom stereocenters. The van der Waals surface area contributed by atoms with Crippen LogP contribution in [0.5, 0.6) is 0 Å². The molecule has 0 saturated carbocycles. The van der Waals surface area contributed by atoms with Gasteiger partial charge in [0.1, 0.15) is 0 Å². The summed E-state index contributed by atoms with van der Waals surface area (Å²) in [6.07, 6.45) is -4.59. The quantitative estimate of drug-likeness (QED) is 0.340. The van der Waals surface area contributed by atoms with Crippen LogP contribution in [0.15, 0.2) is 84.9 Å². The molecule has 184 valence electrons. The summed E-state index contributed by atoms with van der Waals surface area (Å²) in [6.45, 7) is 0.353. The highest BCUT2D eigenvalue weighted by atomic mass is 19.4. The Morgan fingerprint density at radius 1 is 0.889 bits per heavy atom. The van der Waals surface area contributed by atoms with Gasteiger partial charge in [-0.15, -0.1) is 0 Å². The number of hydrogen-bond donors (Lipinski definition) is 2. The van der Waals surface area contributed by atoms with Crippen LogP contribution in [-0.4, -0.2) is 33.3 Å². The minimum atomic E-state index is -4.42. The van der Waals surface area contributed by atoms with Crippen molar-refractivity contribution < 1.29 is 27.9 Å². The number of alkyl halides is 3. The molecular formula is C27H22F3N3O3. The van der Waals surface area contributed by atoms with Crippen molar-refractivity contribution >= 4 is 11.9 Å². The van der Waals surface area contributed by atoms with Gasteiger partial charge in [-0.25, -0.2) is 0 Å². The van der Waals surface area contributed by atoms with Gasteiger partial charge in [0.2, 0.25) is 0 Å². The second kappa shape index (κ2) is 10.5. The number of nitrogens with one attached hydrogen (secondary N) is 1. The highest BCUT2D eigenvalue weighted by Gasteiger charge is 2.30. The summed E-state index contributed by atoms with van der Waals surface area (Å²) in [5.74, 6) is -1.37. The number of nitrogens with zero attached hydrogens (tertiary/aromatic N) is 2. The third-order valence-electron chi connectivity index (χ3n) is 5.53. The van der Waals surface area contributed by atoms with Gasteiger partial charge in [-0.1, -0.05) is 54.6 Å². The number of aromatic nitrogens is 2. The third-order valence-corrected chi connectivity index (χ3v) is 5.53. The van der Waals surface area contributed by atoms with Crippen molar-refractivity contribution in [2.24, 2.45) is 0 Å². The Bertz CT molecular complexity index is 1350. The van der Waals surface area contributed by atoms with Gasteiger partial charge in [0.05, 0.1) is 29.9 Å². The van der Waals surface area contributed by atoms with Crippen LogP contribution in [0.25, 0.3) is 22.5 Å². The number of halogens is 3. The van der Waals surface area contributed by atoms with E-state index in [-0.39, 0.29) is 18.9 Å². The van der Waals surface area contributed by atoms with Crippen molar-refractivity contribution in [2.45, 2.75) is 19.1 Å². The van der Waals surface area contributed by atoms with E-state index in [4.69, 9.17) is 10.2 Å². The summed E-state index contributed by atoms with van der Waals surface area (Å²) in [4.78, 5) is 22.8. The van der Waals surface area contributed by atoms with Crippen LogP contribution in [0, 0.1) is 0 Å². The molecule has 0 spiro atoms. The van der Waals surface area contributed by atoms with Gasteiger partial charge in [-0.05, 0) is 41.5 Å². The monoisotopic (exact) mass is 493 g/mol. The lowest BCUT2D eigenvalue weighted by atomic mass is 10.1. The lowest BCUT2D eigenvalue weighted by Gasteiger charge is -2.10. The number of carbonyl (C=O) groups is 2. The van der Waals surface area contributed by atoms with Crippen molar-refractivity contribution in [1.29, 1.82) is 0 Å². The fourth-order valence-electron chi connectivity index (χ4n) is 3.67. The van der Waals surface area contributed by atoms with Crippen molar-refractivity contribution in [2.75, 3.05) is 6.54 Å². The highest BCUT2D eigenvalue weighted by Crippen LogP contribution is 2.32. The van der Waals surface area contributed by atoms with Crippen molar-refractivity contribution in [3.8, 4) is 22.5 Å². The van der Waals surface area contributed by atoms with E-state index in [0.717, 1.165) is 23.3 Å². The summed E-state index contributed by atoms with van der Waals surface area (Å²) < 4.78 is 40.8. The zero-order valence-corrected chi connectivity index (χ0v) is 19.0. The first-order chi connectivity index (χ1) is 17.2. The minimum absolute atomic E-state index is 0.0297. The number of benzene rings is 3. The summed E-state index contributed by atoms with van der Waals surface area (Å²) >= 11 is 0. The van der Waals surface area contributed by atoms with Crippen LogP contribution in [0.4, 0.5) is 13.2 Å². The average Bonchev–Trinajstić information content (AvgIpc) is 3.28. The Labute approximate surface area is 205 Å². The topological polar surface area (TPSA) is 84.2 Å². The molecule has 2 N–H and O–H groups in total. The van der Waals surface area contributed by atoms with Crippen LogP contribution >= 0.6 is 0 Å². The SMILES string of the molecule is O=C(O)CCNC(=O)c1ccc(Cn2nc(-c3ccccc3)cc2-c2ccc(C(F)(F)F)cc2)cc1. The molecule has 36 heavy (non-hydrogen) atoms. The molecule has 0 bridgehead atoms. The van der Waals surface area contributed by atoms with Crippen molar-refractivity contribution in [3.63, 3.8) is 0 Å². The zero-order valence-electron chi connectivity index (χ0n) is 19.0. The number of amides is 1. The Hall–Kier alpha value is -4.40. The zero-order chi connectivity index (χ0) is 25.7. The third kappa shape index (κ3) is 5.99. The number of rotatable bonds is 8. The fourth-order valence-corrected chi connectivity index (χ4v) is 3.67. The first-order valence-electron chi connectivity index (χ1n) is 11.1. The first-order valence-corrected chi connectivity index (χ1v) is 11.1. The van der Waals surface area contributed by atoms with Gasteiger partial charge < -0.3 is 10.4 Å². The predicted octanol–water partition coefficient (Wildman–Crippen LogP) is 5.49. The maximum atomic E-state index is 13.0. The normalized spacial score (nSPS) is 11.3. The van der Waals surface area contributed by atoms with E-state index in [1.165, 1.54) is 12.1 Å². The molecule has 0 saturated heterocycles. The number of carbonyl (C=O) groups excluding carboxylic acids is 1. The van der Waals surface area contributed by atoms with Gasteiger partial charge >= 0.3 is 12.1 Å². The Morgan fingerprint density at radius 3 is 2.17 bits per heavy atom. The lowest BCUT2D eigenvalue weighted by Crippen LogP contribution is -2.25. The van der Waals surface area contributed by atoms with Gasteiger partial charge in [0, 0.05) is 17.7 Å². The average molecular weight is 493 g/mol. The molecule has 1 heterocycles. The number of hydrogen-bond acceptors (Lipinski definition) is 3. The maximum Gasteiger partial charge on any atom is 0.416 e. The van der Waals surface area contributed by atoms with Gasteiger partial charge in [-0.3, -0.25) is 14.3 Å². The molecule has 1 amide bonds. The van der Waals surface area contributed by atoms with E-state index in [0.29, 0.717) is 29.1 Å². The van der Waals surface area contributed by atoms with E-state index >= 15 is 0 Å². The number of carboxylic acid groups (broad SMARTS) is 1. The van der Waals surface area contributed by atoms with E-state index in [1.807, 2.05) is 36.4 Å². The molecule has 4 rings (SSSR count). The summed E-state index contributed by atoms with van der Waals surface area (Å²) in [5.41, 5.74) is 3.28. The molecule has 3 aromatic carbocycles. The molecule has 0 aliphatic heterocycles. The molecule has 0 fully saturated rings. The first kappa shape index (κ1) is 24.7. The molecule has 0 aliphatic carbocycles. The van der Waals surface area contributed by atoms with Crippen LogP contribution in [0.1, 0.15) is 27.9 Å². The Morgan fingerprint density at radius 2 is 1.56 bits per heavy atom. The Balaban J connectivity index is 1.60. The molecular weight excluding hydrogens is 471 g/mol. The molecule has 6 nitrogen and oxygen atoms in total. The van der Waals surface area contributed by atoms with Gasteiger partial charge in [0.25, 0.3) is 5.91 Å². The second-order valence-electron chi connectivity index (χ2n) is 8.11. The number of aliphatic carboxylic acids is 1. The number of carboxylic acids is 1. The Kier molecular flexibility index (Phi) is 7.19. The van der Waals surface area contributed by atoms with Crippen LogP contribution < -0.4 is 5.32 Å². The highest BCUT2D eigenvalue weighted by molar-refractivity contribution is 5.94. The van der Waals surface area contributed by atoms with E-state index in [9.17, 15) is 22.8 Å². The van der Waals surface area contributed by atoms with E-state index in [1.54, 1.807) is 28.9 Å². The fraction of sp³-hybridized carbons (Fsp3) is 0.148. The molecule has 0 radical (unpaired) electrons. The van der Waals surface area contributed by atoms with Crippen molar-refractivity contribution in [1.82, 2.24) is 15.1 Å². The molecule has 1 aromatic heterocycles. The molecule has 9 heteroatoms. The molecule has 0 unspecified atom stereocenters. The van der Waals surface area contributed by atoms with E-state index < -0.39 is 17.7 Å². The van der Waals surface area contributed by atoms with Gasteiger partial charge in [-0.2, -0.15) is 18.3 Å².